The van der Waals surface area contributed by atoms with Gasteiger partial charge in [0.25, 0.3) is 0 Å². The Labute approximate surface area is 230 Å². The number of aliphatic hydroxyl groups is 1. The summed E-state index contributed by atoms with van der Waals surface area (Å²) in [5, 5.41) is 9.53. The van der Waals surface area contributed by atoms with Gasteiger partial charge in [-0.3, -0.25) is 13.7 Å². The third kappa shape index (κ3) is 6.49. The molecule has 4 saturated carbocycles. The molecule has 0 saturated heterocycles. The maximum Gasteiger partial charge on any atom is 0.397 e. The van der Waals surface area contributed by atoms with E-state index in [1.54, 1.807) is 0 Å². The molecule has 0 bridgehead atoms. The molecular weight excluding hydrogens is 580 g/mol. The summed E-state index contributed by atoms with van der Waals surface area (Å²) >= 11 is 0. The van der Waals surface area contributed by atoms with E-state index in [-0.39, 0.29) is 49.0 Å². The smallest absolute Gasteiger partial charge is 0.396 e. The van der Waals surface area contributed by atoms with Crippen molar-refractivity contribution in [2.24, 2.45) is 46.3 Å². The summed E-state index contributed by atoms with van der Waals surface area (Å²) in [6.45, 7) is 6.32. The zero-order valence-electron chi connectivity index (χ0n) is 22.2. The fourth-order valence-corrected chi connectivity index (χ4v) is 11.0. The van der Waals surface area contributed by atoms with E-state index in [2.05, 4.69) is 13.8 Å². The highest BCUT2D eigenvalue weighted by molar-refractivity contribution is 7.81. The lowest BCUT2D eigenvalue weighted by Gasteiger charge is -2.63. The molecule has 11 unspecified atom stereocenters. The molecule has 0 aromatic rings. The molecule has 4 rings (SSSR count). The van der Waals surface area contributed by atoms with E-state index in [1.807, 2.05) is 6.92 Å². The van der Waals surface area contributed by atoms with Crippen LogP contribution in [0.2, 0.25) is 0 Å². The number of hydrogen-bond donors (Lipinski definition) is 4. The van der Waals surface area contributed by atoms with E-state index in [0.29, 0.717) is 18.3 Å². The molecule has 11 atom stereocenters. The van der Waals surface area contributed by atoms with Gasteiger partial charge in [0.2, 0.25) is 0 Å². The first-order valence-corrected chi connectivity index (χ1v) is 17.4. The Hall–Kier alpha value is -0.430. The predicted octanol–water partition coefficient (Wildman–Crippen LogP) is 2.45. The van der Waals surface area contributed by atoms with E-state index in [0.717, 1.165) is 25.7 Å². The van der Waals surface area contributed by atoms with E-state index >= 15 is 0 Å². The summed E-state index contributed by atoms with van der Waals surface area (Å²) in [7, 11) is -15.0. The minimum atomic E-state index is -5.07. The lowest BCUT2D eigenvalue weighted by atomic mass is 9.43. The molecule has 4 aliphatic carbocycles. The van der Waals surface area contributed by atoms with E-state index in [4.69, 9.17) is 12.5 Å². The van der Waals surface area contributed by atoms with Gasteiger partial charge in [-0.2, -0.15) is 25.3 Å². The Bertz CT molecular complexity index is 1240. The Morgan fingerprint density at radius 3 is 1.85 bits per heavy atom. The molecule has 39 heavy (non-hydrogen) atoms. The molecule has 0 heterocycles. The monoisotopic (exact) mass is 620 g/mol. The van der Waals surface area contributed by atoms with Crippen molar-refractivity contribution in [2.45, 2.75) is 90.4 Å². The zero-order chi connectivity index (χ0) is 29.2. The minimum Gasteiger partial charge on any atom is -0.396 e. The SMILES string of the molecule is CC(CCO)C1CCC2C3CC(OS(=O)(=O)O)C4CC(OS(=O)(=O)O)C(OS(=O)(=O)O)CC4(C)C3CCC12C. The molecule has 0 aliphatic heterocycles. The summed E-state index contributed by atoms with van der Waals surface area (Å²) in [4.78, 5) is 0. The largest absolute Gasteiger partial charge is 0.397 e. The van der Waals surface area contributed by atoms with Crippen LogP contribution < -0.4 is 0 Å². The molecular formula is C23H40O13S3. The van der Waals surface area contributed by atoms with Gasteiger partial charge < -0.3 is 5.11 Å². The molecule has 4 fully saturated rings. The van der Waals surface area contributed by atoms with Gasteiger partial charge in [-0.05, 0) is 97.7 Å². The zero-order valence-corrected chi connectivity index (χ0v) is 24.7. The van der Waals surface area contributed by atoms with Crippen LogP contribution in [0.1, 0.15) is 72.1 Å². The fraction of sp³-hybridized carbons (Fsp3) is 1.00. The molecule has 13 nitrogen and oxygen atoms in total. The Kier molecular flexibility index (Phi) is 8.63. The summed E-state index contributed by atoms with van der Waals surface area (Å²) in [5.41, 5.74) is -0.917. The molecule has 4 aliphatic rings. The standard InChI is InChI=1S/C23H40O13S3/c1-13(7-9-24)15-4-5-16-14-10-19(34-37(25,26)27)18-11-20(35-38(28,29)30)21(36-39(31,32)33)12-23(18,3)17(14)6-8-22(15,16)2/h13-21,24H,4-12H2,1-3H3,(H,25,26,27)(H,28,29,30)(H,31,32,33). The van der Waals surface area contributed by atoms with Crippen molar-refractivity contribution in [1.82, 2.24) is 0 Å². The Balaban J connectivity index is 1.74. The van der Waals surface area contributed by atoms with Crippen molar-refractivity contribution in [3.05, 3.63) is 0 Å². The molecule has 0 aromatic carbocycles. The molecule has 0 amide bonds. The van der Waals surface area contributed by atoms with Crippen molar-refractivity contribution in [2.75, 3.05) is 6.61 Å². The minimum absolute atomic E-state index is 0.0477. The highest BCUT2D eigenvalue weighted by atomic mass is 32.3. The van der Waals surface area contributed by atoms with Gasteiger partial charge in [0.15, 0.2) is 0 Å². The molecule has 228 valence electrons. The predicted molar refractivity (Wildman–Crippen MR) is 136 cm³/mol. The quantitative estimate of drug-likeness (QED) is 0.273. The van der Waals surface area contributed by atoms with Crippen molar-refractivity contribution >= 4 is 31.2 Å². The van der Waals surface area contributed by atoms with Crippen LogP contribution >= 0.6 is 0 Å². The summed E-state index contributed by atoms with van der Waals surface area (Å²) in [5.74, 6) is 0.0285. The summed E-state index contributed by atoms with van der Waals surface area (Å²) in [6.07, 6.45) is -0.125. The van der Waals surface area contributed by atoms with Gasteiger partial charge in [0.05, 0.1) is 6.10 Å². The van der Waals surface area contributed by atoms with Crippen molar-refractivity contribution in [1.29, 1.82) is 0 Å². The molecule has 4 N–H and O–H groups in total. The molecule has 0 spiro atoms. The number of fused-ring (bicyclic) bond motifs is 5. The normalized spacial score (nSPS) is 43.8. The van der Waals surface area contributed by atoms with Gasteiger partial charge in [-0.15, -0.1) is 0 Å². The topological polar surface area (TPSA) is 211 Å². The second kappa shape index (κ2) is 10.7. The number of hydrogen-bond acceptors (Lipinski definition) is 10. The summed E-state index contributed by atoms with van der Waals surface area (Å²) in [6, 6.07) is 0. The molecule has 16 heteroatoms. The van der Waals surface area contributed by atoms with Crippen molar-refractivity contribution in [3.8, 4) is 0 Å². The Morgan fingerprint density at radius 1 is 0.744 bits per heavy atom. The van der Waals surface area contributed by atoms with Crippen molar-refractivity contribution < 1.29 is 56.6 Å². The van der Waals surface area contributed by atoms with Crippen LogP contribution in [0.15, 0.2) is 0 Å². The molecule has 0 aromatic heterocycles. The van der Waals surface area contributed by atoms with Gasteiger partial charge in [0, 0.05) is 6.61 Å². The van der Waals surface area contributed by atoms with Crippen LogP contribution in [0.4, 0.5) is 0 Å². The summed E-state index contributed by atoms with van der Waals surface area (Å²) < 4.78 is 113. The Morgan fingerprint density at radius 2 is 1.28 bits per heavy atom. The van der Waals surface area contributed by atoms with Crippen LogP contribution in [-0.4, -0.2) is 68.9 Å². The first-order valence-electron chi connectivity index (χ1n) is 13.4. The maximum atomic E-state index is 11.9. The second-order valence-corrected chi connectivity index (χ2v) is 15.7. The van der Waals surface area contributed by atoms with Gasteiger partial charge in [0.1, 0.15) is 12.2 Å². The lowest BCUT2D eigenvalue weighted by molar-refractivity contribution is -0.184. The molecule has 0 radical (unpaired) electrons. The third-order valence-corrected chi connectivity index (χ3v) is 12.2. The number of rotatable bonds is 9. The van der Waals surface area contributed by atoms with E-state index in [9.17, 15) is 44.0 Å². The second-order valence-electron chi connectivity index (χ2n) is 12.6. The number of aliphatic hydroxyl groups excluding tert-OH is 1. The van der Waals surface area contributed by atoms with Crippen molar-refractivity contribution in [3.63, 3.8) is 0 Å². The fourth-order valence-electron chi connectivity index (χ4n) is 9.41. The van der Waals surface area contributed by atoms with Crippen LogP contribution in [0.3, 0.4) is 0 Å². The van der Waals surface area contributed by atoms with Crippen LogP contribution in [0.5, 0.6) is 0 Å². The van der Waals surface area contributed by atoms with Crippen LogP contribution in [0.25, 0.3) is 0 Å². The highest BCUT2D eigenvalue weighted by Crippen LogP contribution is 2.69. The van der Waals surface area contributed by atoms with Crippen LogP contribution in [0, 0.1) is 46.3 Å². The third-order valence-electron chi connectivity index (χ3n) is 10.7. The van der Waals surface area contributed by atoms with E-state index in [1.165, 1.54) is 0 Å². The first kappa shape index (κ1) is 31.5. The lowest BCUT2D eigenvalue weighted by Crippen LogP contribution is -2.62. The highest BCUT2D eigenvalue weighted by Gasteiger charge is 2.65. The average Bonchev–Trinajstić information content (AvgIpc) is 3.09. The van der Waals surface area contributed by atoms with Gasteiger partial charge >= 0.3 is 31.2 Å². The maximum absolute atomic E-state index is 11.9. The average molecular weight is 621 g/mol. The van der Waals surface area contributed by atoms with Gasteiger partial charge in [-0.25, -0.2) is 12.5 Å². The van der Waals surface area contributed by atoms with Crippen LogP contribution in [-0.2, 0) is 43.7 Å². The first-order chi connectivity index (χ1) is 17.8. The van der Waals surface area contributed by atoms with Gasteiger partial charge in [-0.1, -0.05) is 20.8 Å². The van der Waals surface area contributed by atoms with E-state index < -0.39 is 60.8 Å².